The highest BCUT2D eigenvalue weighted by molar-refractivity contribution is 9.10. The second kappa shape index (κ2) is 10.2. The lowest BCUT2D eigenvalue weighted by atomic mass is 10.0. The van der Waals surface area contributed by atoms with Crippen molar-refractivity contribution in [3.63, 3.8) is 0 Å². The van der Waals surface area contributed by atoms with Crippen LogP contribution in [0.25, 0.3) is 5.65 Å². The Balaban J connectivity index is 2.00. The van der Waals surface area contributed by atoms with Gasteiger partial charge in [0, 0.05) is 24.8 Å². The van der Waals surface area contributed by atoms with Gasteiger partial charge in [0.05, 0.1) is 15.9 Å². The molecule has 9 heteroatoms. The molecule has 152 valence electrons. The molecular weight excluding hydrogens is 434 g/mol. The largest absolute Gasteiger partial charge is 0.405 e. The Hall–Kier alpha value is -2.65. The minimum Gasteiger partial charge on any atom is -0.405 e. The van der Waals surface area contributed by atoms with Crippen molar-refractivity contribution >= 4 is 33.1 Å². The van der Waals surface area contributed by atoms with E-state index in [0.29, 0.717) is 31.3 Å². The lowest BCUT2D eigenvalue weighted by Crippen LogP contribution is -2.09. The molecule has 0 atom stereocenters. The summed E-state index contributed by atoms with van der Waals surface area (Å²) < 4.78 is 7.97. The topological polar surface area (TPSA) is 104 Å². The van der Waals surface area contributed by atoms with Crippen molar-refractivity contribution in [3.05, 3.63) is 58.5 Å². The highest BCUT2D eigenvalue weighted by Crippen LogP contribution is 2.23. The van der Waals surface area contributed by atoms with E-state index in [0.717, 1.165) is 39.9 Å². The Morgan fingerprint density at radius 3 is 2.93 bits per heavy atom. The Morgan fingerprint density at radius 1 is 1.34 bits per heavy atom. The summed E-state index contributed by atoms with van der Waals surface area (Å²) >= 11 is 3.48. The van der Waals surface area contributed by atoms with Gasteiger partial charge in [0.15, 0.2) is 17.3 Å². The molecule has 0 spiro atoms. The quantitative estimate of drug-likeness (QED) is 0.492. The van der Waals surface area contributed by atoms with Crippen molar-refractivity contribution in [2.45, 2.75) is 39.7 Å². The van der Waals surface area contributed by atoms with Crippen LogP contribution in [-0.2, 0) is 24.2 Å². The smallest absolute Gasteiger partial charge is 0.177 e. The number of rotatable bonds is 9. The van der Waals surface area contributed by atoms with Crippen LogP contribution in [0.1, 0.15) is 37.4 Å². The Morgan fingerprint density at radius 2 is 2.21 bits per heavy atom. The molecule has 8 nitrogen and oxygen atoms in total. The molecule has 0 aromatic carbocycles. The number of pyridine rings is 1. The second-order valence-electron chi connectivity index (χ2n) is 6.30. The van der Waals surface area contributed by atoms with Crippen LogP contribution >= 0.6 is 15.9 Å². The Labute approximate surface area is 178 Å². The average molecular weight is 458 g/mol. The third kappa shape index (κ3) is 5.24. The first kappa shape index (κ1) is 21.1. The van der Waals surface area contributed by atoms with Crippen LogP contribution in [0.4, 0.5) is 5.82 Å². The third-order valence-corrected chi connectivity index (χ3v) is 4.80. The van der Waals surface area contributed by atoms with Crippen molar-refractivity contribution in [2.75, 3.05) is 6.61 Å². The first-order valence-electron chi connectivity index (χ1n) is 9.52. The zero-order valence-electron chi connectivity index (χ0n) is 16.5. The summed E-state index contributed by atoms with van der Waals surface area (Å²) in [6, 6.07) is 3.75. The maximum atomic E-state index is 5.66. The molecule has 2 N–H and O–H groups in total. The molecule has 3 aromatic rings. The van der Waals surface area contributed by atoms with Gasteiger partial charge in [0.1, 0.15) is 12.9 Å². The first-order valence-corrected chi connectivity index (χ1v) is 10.3. The SMILES string of the molecule is CCCc1c(CC(C=CN)=Nc2ncccc2Br)ncn2nc(COCC)nc12. The summed E-state index contributed by atoms with van der Waals surface area (Å²) in [6.45, 7) is 5.08. The van der Waals surface area contributed by atoms with Gasteiger partial charge >= 0.3 is 0 Å². The number of aliphatic imine (C=N–C) groups is 1. The lowest BCUT2D eigenvalue weighted by Gasteiger charge is -2.09. The summed E-state index contributed by atoms with van der Waals surface area (Å²) in [7, 11) is 0. The first-order chi connectivity index (χ1) is 14.2. The minimum absolute atomic E-state index is 0.384. The van der Waals surface area contributed by atoms with E-state index in [1.165, 1.54) is 6.20 Å². The number of allylic oxidation sites excluding steroid dienone is 1. The number of aromatic nitrogens is 5. The van der Waals surface area contributed by atoms with E-state index in [9.17, 15) is 0 Å². The van der Waals surface area contributed by atoms with E-state index < -0.39 is 0 Å². The third-order valence-electron chi connectivity index (χ3n) is 4.18. The number of aryl methyl sites for hydroxylation is 1. The van der Waals surface area contributed by atoms with Gasteiger partial charge in [-0.15, -0.1) is 5.10 Å². The van der Waals surface area contributed by atoms with Crippen LogP contribution in [0, 0.1) is 0 Å². The van der Waals surface area contributed by atoms with Crippen molar-refractivity contribution in [2.24, 2.45) is 10.7 Å². The molecular formula is C20H24BrN7O. The van der Waals surface area contributed by atoms with E-state index in [1.54, 1.807) is 23.1 Å². The summed E-state index contributed by atoms with van der Waals surface area (Å²) in [6.07, 6.45) is 8.95. The molecule has 0 aliphatic heterocycles. The summed E-state index contributed by atoms with van der Waals surface area (Å²) in [5, 5.41) is 4.47. The molecule has 3 aromatic heterocycles. The number of hydrogen-bond acceptors (Lipinski definition) is 7. The Bertz CT molecular complexity index is 1030. The second-order valence-corrected chi connectivity index (χ2v) is 7.16. The number of nitrogens with zero attached hydrogens (tertiary/aromatic N) is 6. The van der Waals surface area contributed by atoms with Gasteiger partial charge in [0.2, 0.25) is 0 Å². The van der Waals surface area contributed by atoms with Gasteiger partial charge in [-0.25, -0.2) is 24.5 Å². The molecule has 0 saturated heterocycles. The number of hydrogen-bond donors (Lipinski definition) is 1. The van der Waals surface area contributed by atoms with E-state index >= 15 is 0 Å². The number of halogens is 1. The molecule has 0 radical (unpaired) electrons. The molecule has 0 aliphatic carbocycles. The highest BCUT2D eigenvalue weighted by atomic mass is 79.9. The zero-order chi connectivity index (χ0) is 20.6. The summed E-state index contributed by atoms with van der Waals surface area (Å²) in [4.78, 5) is 18.3. The van der Waals surface area contributed by atoms with Crippen LogP contribution in [0.5, 0.6) is 0 Å². The van der Waals surface area contributed by atoms with Gasteiger partial charge in [-0.05, 0) is 53.7 Å². The normalized spacial score (nSPS) is 12.3. The highest BCUT2D eigenvalue weighted by Gasteiger charge is 2.15. The number of fused-ring (bicyclic) bond motifs is 1. The standard InChI is InChI=1S/C20H24BrN7O/c1-3-6-15-17(24-13-28-20(15)26-18(27-28)12-29-4-2)11-14(8-9-22)25-19-16(21)7-5-10-23-19/h5,7-10,13H,3-4,6,11-12,22H2,1-2H3. The van der Waals surface area contributed by atoms with Crippen LogP contribution in [0.15, 0.2) is 46.4 Å². The van der Waals surface area contributed by atoms with Crippen molar-refractivity contribution in [1.29, 1.82) is 0 Å². The van der Waals surface area contributed by atoms with Crippen LogP contribution in [-0.4, -0.2) is 36.9 Å². The molecule has 0 bridgehead atoms. The van der Waals surface area contributed by atoms with E-state index in [-0.39, 0.29) is 0 Å². The van der Waals surface area contributed by atoms with Crippen molar-refractivity contribution < 1.29 is 4.74 Å². The van der Waals surface area contributed by atoms with Crippen molar-refractivity contribution in [3.8, 4) is 0 Å². The molecule has 3 heterocycles. The molecule has 0 unspecified atom stereocenters. The van der Waals surface area contributed by atoms with Gasteiger partial charge in [-0.1, -0.05) is 13.3 Å². The molecule has 0 saturated carbocycles. The van der Waals surface area contributed by atoms with Gasteiger partial charge < -0.3 is 10.5 Å². The average Bonchev–Trinajstić information content (AvgIpc) is 3.13. The van der Waals surface area contributed by atoms with Gasteiger partial charge in [-0.3, -0.25) is 0 Å². The fourth-order valence-corrected chi connectivity index (χ4v) is 3.26. The maximum absolute atomic E-state index is 5.66. The molecule has 0 amide bonds. The molecule has 3 rings (SSSR count). The summed E-state index contributed by atoms with van der Waals surface area (Å²) in [5.41, 5.74) is 9.18. The fraction of sp³-hybridized carbons (Fsp3) is 0.350. The maximum Gasteiger partial charge on any atom is 0.177 e. The number of nitrogens with two attached hydrogens (primary N) is 1. The van der Waals surface area contributed by atoms with E-state index in [4.69, 9.17) is 10.5 Å². The van der Waals surface area contributed by atoms with Gasteiger partial charge in [-0.2, -0.15) is 0 Å². The van der Waals surface area contributed by atoms with Gasteiger partial charge in [0.25, 0.3) is 0 Å². The molecule has 0 aliphatic rings. The van der Waals surface area contributed by atoms with E-state index in [1.807, 2.05) is 19.1 Å². The Kier molecular flexibility index (Phi) is 7.42. The predicted octanol–water partition coefficient (Wildman–Crippen LogP) is 3.56. The fourth-order valence-electron chi connectivity index (χ4n) is 2.91. The van der Waals surface area contributed by atoms with E-state index in [2.05, 4.69) is 47.9 Å². The zero-order valence-corrected chi connectivity index (χ0v) is 18.1. The lowest BCUT2D eigenvalue weighted by molar-refractivity contribution is 0.128. The van der Waals surface area contributed by atoms with Crippen LogP contribution < -0.4 is 5.73 Å². The minimum atomic E-state index is 0.384. The summed E-state index contributed by atoms with van der Waals surface area (Å²) in [5.74, 6) is 1.25. The number of ether oxygens (including phenoxy) is 1. The van der Waals surface area contributed by atoms with Crippen molar-refractivity contribution in [1.82, 2.24) is 24.6 Å². The van der Waals surface area contributed by atoms with Crippen LogP contribution in [0.2, 0.25) is 0 Å². The molecule has 29 heavy (non-hydrogen) atoms. The molecule has 0 fully saturated rings. The van der Waals surface area contributed by atoms with Crippen LogP contribution in [0.3, 0.4) is 0 Å². The predicted molar refractivity (Wildman–Crippen MR) is 116 cm³/mol. The monoisotopic (exact) mass is 457 g/mol.